The summed E-state index contributed by atoms with van der Waals surface area (Å²) in [4.78, 5) is 66.9. The van der Waals surface area contributed by atoms with Gasteiger partial charge in [-0.3, -0.25) is 9.59 Å². The summed E-state index contributed by atoms with van der Waals surface area (Å²) in [6.07, 6.45) is 1.96. The monoisotopic (exact) mass is 864 g/mol. The first-order valence-corrected chi connectivity index (χ1v) is 22.1. The molecule has 3 amide bonds. The van der Waals surface area contributed by atoms with Crippen molar-refractivity contribution >= 4 is 51.2 Å². The number of pyridine rings is 1. The minimum Gasteiger partial charge on any atom is -0.488 e. The Hall–Kier alpha value is -4.74. The first-order valence-electron chi connectivity index (χ1n) is 21.3. The largest absolute Gasteiger partial charge is 0.488 e. The maximum atomic E-state index is 14.8. The second-order valence-corrected chi connectivity index (χ2v) is 19.0. The standard InChI is InChI=1S/C44H60N6O10S/c1-10-26-19-44(26,40(53)57-9)49-38(51)34-17-29(20-50(34)39(52)37(43(4,5)6)48-42(54)60-28-14-24-13-25(24)15-28)59-35-18-32(33-22-61-41(47-33)45-23(2)3)46-31-16-27(11-12-30(31)35)58-21-36(55-7)56-8/h11-12,16,18,22-26,28-29,34,36-37H,10,13-15,17,19-21H2,1-9H3,(H,45,47)(H,48,54)(H,49,51)/t24-,25+,26-,28+,29-,34+,37?,44-/m1/s1. The molecule has 4 aliphatic rings. The van der Waals surface area contributed by atoms with Crippen molar-refractivity contribution < 1.29 is 47.6 Å². The summed E-state index contributed by atoms with van der Waals surface area (Å²) in [5, 5.41) is 12.5. The van der Waals surface area contributed by atoms with Gasteiger partial charge in [-0.15, -0.1) is 11.3 Å². The summed E-state index contributed by atoms with van der Waals surface area (Å²) in [7, 11) is 4.37. The van der Waals surface area contributed by atoms with Crippen molar-refractivity contribution in [2.24, 2.45) is 23.2 Å². The highest BCUT2D eigenvalue weighted by atomic mass is 32.1. The molecule has 61 heavy (non-hydrogen) atoms. The molecule has 2 aromatic heterocycles. The highest BCUT2D eigenvalue weighted by Crippen LogP contribution is 2.52. The molecule has 8 atom stereocenters. The number of carbonyl (C=O) groups excluding carboxylic acids is 4. The summed E-state index contributed by atoms with van der Waals surface area (Å²) in [6, 6.07) is 5.36. The van der Waals surface area contributed by atoms with E-state index < -0.39 is 59.3 Å². The zero-order valence-corrected chi connectivity index (χ0v) is 37.4. The number of fused-ring (bicyclic) bond motifs is 2. The number of alkyl carbamates (subject to hydrolysis) is 1. The molecule has 1 unspecified atom stereocenters. The van der Waals surface area contributed by atoms with Gasteiger partial charge < -0.3 is 49.3 Å². The summed E-state index contributed by atoms with van der Waals surface area (Å²) in [5.41, 5.74) is -0.189. The number of anilines is 1. The first kappa shape index (κ1) is 44.3. The van der Waals surface area contributed by atoms with Crippen LogP contribution in [0.4, 0.5) is 9.93 Å². The average Bonchev–Trinajstić information content (AvgIpc) is 3.88. The fraction of sp³-hybridized carbons (Fsp3) is 0.636. The molecule has 3 heterocycles. The third kappa shape index (κ3) is 9.83. The first-order chi connectivity index (χ1) is 29.0. The van der Waals surface area contributed by atoms with Crippen LogP contribution in [0.5, 0.6) is 11.5 Å². The molecular formula is C44H60N6O10S. The van der Waals surface area contributed by atoms with E-state index in [0.29, 0.717) is 58.5 Å². The number of esters is 1. The fourth-order valence-corrected chi connectivity index (χ4v) is 9.64. The summed E-state index contributed by atoms with van der Waals surface area (Å²) in [5.74, 6) is 0.638. The maximum Gasteiger partial charge on any atom is 0.408 e. The fourth-order valence-electron chi connectivity index (χ4n) is 8.79. The number of ether oxygens (including phenoxy) is 6. The van der Waals surface area contributed by atoms with E-state index in [4.69, 9.17) is 38.4 Å². The molecule has 0 radical (unpaired) electrons. The van der Waals surface area contributed by atoms with E-state index in [-0.39, 0.29) is 37.6 Å². The van der Waals surface area contributed by atoms with Crippen LogP contribution in [0.15, 0.2) is 29.6 Å². The zero-order valence-electron chi connectivity index (χ0n) is 36.6. The van der Waals surface area contributed by atoms with Crippen LogP contribution in [0.2, 0.25) is 0 Å². The Bertz CT molecular complexity index is 2090. The molecule has 7 rings (SSSR count). The number of thiazole rings is 1. The van der Waals surface area contributed by atoms with Gasteiger partial charge in [0.05, 0.1) is 24.9 Å². The Labute approximate surface area is 361 Å². The molecule has 332 valence electrons. The molecule has 1 aromatic carbocycles. The smallest absolute Gasteiger partial charge is 0.408 e. The Kier molecular flexibility index (Phi) is 13.0. The lowest BCUT2D eigenvalue weighted by Crippen LogP contribution is -2.59. The van der Waals surface area contributed by atoms with Gasteiger partial charge in [-0.2, -0.15) is 0 Å². The number of rotatable bonds is 17. The number of amides is 3. The van der Waals surface area contributed by atoms with E-state index in [1.54, 1.807) is 12.1 Å². The number of nitrogens with one attached hydrogen (secondary N) is 3. The molecule has 3 aromatic rings. The van der Waals surface area contributed by atoms with Crippen molar-refractivity contribution in [3.63, 3.8) is 0 Å². The van der Waals surface area contributed by atoms with E-state index in [1.807, 2.05) is 59.1 Å². The van der Waals surface area contributed by atoms with E-state index >= 15 is 0 Å². The van der Waals surface area contributed by atoms with Crippen molar-refractivity contribution in [2.45, 2.75) is 122 Å². The third-order valence-electron chi connectivity index (χ3n) is 12.3. The number of hydrogen-bond donors (Lipinski definition) is 3. The minimum absolute atomic E-state index is 0.0174. The van der Waals surface area contributed by atoms with Crippen LogP contribution in [-0.2, 0) is 33.3 Å². The Morgan fingerprint density at radius 2 is 1.70 bits per heavy atom. The van der Waals surface area contributed by atoms with Gasteiger partial charge in [0.25, 0.3) is 0 Å². The van der Waals surface area contributed by atoms with Gasteiger partial charge in [-0.1, -0.05) is 34.1 Å². The number of aromatic nitrogens is 2. The van der Waals surface area contributed by atoms with Gasteiger partial charge in [0.2, 0.25) is 11.8 Å². The zero-order chi connectivity index (χ0) is 43.8. The van der Waals surface area contributed by atoms with Gasteiger partial charge in [-0.25, -0.2) is 19.6 Å². The number of hydrogen-bond acceptors (Lipinski definition) is 14. The van der Waals surface area contributed by atoms with E-state index in [1.165, 1.54) is 44.0 Å². The Morgan fingerprint density at radius 3 is 2.34 bits per heavy atom. The molecular weight excluding hydrogens is 805 g/mol. The lowest BCUT2D eigenvalue weighted by atomic mass is 9.85. The van der Waals surface area contributed by atoms with Gasteiger partial charge >= 0.3 is 12.1 Å². The number of benzene rings is 1. The molecule has 4 fully saturated rings. The normalized spacial score (nSPS) is 25.9. The molecule has 3 N–H and O–H groups in total. The molecule has 0 bridgehead atoms. The second-order valence-electron chi connectivity index (χ2n) is 18.2. The Morgan fingerprint density at radius 1 is 0.967 bits per heavy atom. The molecule has 0 spiro atoms. The highest BCUT2D eigenvalue weighted by Gasteiger charge is 2.62. The van der Waals surface area contributed by atoms with Crippen LogP contribution in [0, 0.1) is 23.2 Å². The quantitative estimate of drug-likeness (QED) is 0.107. The van der Waals surface area contributed by atoms with Crippen LogP contribution in [0.1, 0.15) is 80.1 Å². The third-order valence-corrected chi connectivity index (χ3v) is 13.1. The highest BCUT2D eigenvalue weighted by molar-refractivity contribution is 7.14. The van der Waals surface area contributed by atoms with Crippen LogP contribution < -0.4 is 25.4 Å². The summed E-state index contributed by atoms with van der Waals surface area (Å²) >= 11 is 1.46. The SMILES string of the molecule is CC[C@@H]1C[C@]1(NC(=O)[C@@H]1C[C@@H](Oc2cc(-c3csc(NC(C)C)n3)nc3cc(OCC(OC)OC)ccc23)CN1C(=O)C(NC(=O)O[C@@H]1C[C@@H]2C[C@@H]2C1)C(C)(C)C)C(=O)OC. The predicted octanol–water partition coefficient (Wildman–Crippen LogP) is 5.92. The van der Waals surface area contributed by atoms with Crippen LogP contribution in [0.3, 0.4) is 0 Å². The number of methoxy groups -OCH3 is 3. The van der Waals surface area contributed by atoms with Crippen molar-refractivity contribution in [3.05, 3.63) is 29.6 Å². The lowest BCUT2D eigenvalue weighted by molar-refractivity contribution is -0.148. The maximum absolute atomic E-state index is 14.8. The van der Waals surface area contributed by atoms with Crippen molar-refractivity contribution in [3.8, 4) is 22.9 Å². The molecule has 17 heteroatoms. The Balaban J connectivity index is 1.20. The molecule has 3 saturated carbocycles. The summed E-state index contributed by atoms with van der Waals surface area (Å²) in [6.45, 7) is 11.8. The molecule has 3 aliphatic carbocycles. The van der Waals surface area contributed by atoms with E-state index in [2.05, 4.69) is 16.0 Å². The van der Waals surface area contributed by atoms with Crippen LogP contribution in [0.25, 0.3) is 22.3 Å². The van der Waals surface area contributed by atoms with Crippen LogP contribution in [-0.4, -0.2) is 115 Å². The number of likely N-dealkylation sites (tertiary alicyclic amines) is 1. The minimum atomic E-state index is -1.18. The summed E-state index contributed by atoms with van der Waals surface area (Å²) < 4.78 is 34.4. The van der Waals surface area contributed by atoms with Gasteiger partial charge in [0.15, 0.2) is 11.4 Å². The van der Waals surface area contributed by atoms with Gasteiger partial charge in [0, 0.05) is 49.6 Å². The van der Waals surface area contributed by atoms with Crippen LogP contribution >= 0.6 is 11.3 Å². The molecule has 1 aliphatic heterocycles. The lowest BCUT2D eigenvalue weighted by Gasteiger charge is -2.35. The van der Waals surface area contributed by atoms with Gasteiger partial charge in [-0.05, 0) is 74.8 Å². The van der Waals surface area contributed by atoms with Crippen molar-refractivity contribution in [1.29, 1.82) is 0 Å². The van der Waals surface area contributed by atoms with E-state index in [9.17, 15) is 19.2 Å². The average molecular weight is 865 g/mol. The van der Waals surface area contributed by atoms with Gasteiger partial charge in [0.1, 0.15) is 53.6 Å². The predicted molar refractivity (Wildman–Crippen MR) is 228 cm³/mol. The van der Waals surface area contributed by atoms with E-state index in [0.717, 1.165) is 18.0 Å². The number of carbonyl (C=O) groups is 4. The van der Waals surface area contributed by atoms with Crippen molar-refractivity contribution in [1.82, 2.24) is 25.5 Å². The van der Waals surface area contributed by atoms with Crippen molar-refractivity contribution in [2.75, 3.05) is 39.8 Å². The topological polar surface area (TPSA) is 189 Å². The molecule has 1 saturated heterocycles. The number of nitrogens with zero attached hydrogens (tertiary/aromatic N) is 3. The molecule has 16 nitrogen and oxygen atoms in total. The second kappa shape index (κ2) is 17.9.